The minimum absolute atomic E-state index is 0.179. The lowest BCUT2D eigenvalue weighted by atomic mass is 9.98. The van der Waals surface area contributed by atoms with Crippen molar-refractivity contribution in [3.05, 3.63) is 54.1 Å². The normalized spacial score (nSPS) is 16.2. The fourth-order valence-electron chi connectivity index (χ4n) is 3.54. The summed E-state index contributed by atoms with van der Waals surface area (Å²) in [4.78, 5) is 25.3. The van der Waals surface area contributed by atoms with Crippen molar-refractivity contribution in [2.24, 2.45) is 5.92 Å². The number of esters is 1. The van der Waals surface area contributed by atoms with Crippen molar-refractivity contribution in [1.29, 1.82) is 0 Å². The summed E-state index contributed by atoms with van der Waals surface area (Å²) in [7, 11) is -0.604. The Morgan fingerprint density at radius 3 is 1.91 bits per heavy atom. The minimum Gasteiger partial charge on any atom is -0.497 e. The summed E-state index contributed by atoms with van der Waals surface area (Å²) >= 11 is 0. The number of ether oxygens (including phenoxy) is 3. The summed E-state index contributed by atoms with van der Waals surface area (Å²) in [5.41, 5.74) is 0.423. The van der Waals surface area contributed by atoms with E-state index in [9.17, 15) is 18.0 Å². The molecule has 8 nitrogen and oxygen atoms in total. The fourth-order valence-corrected chi connectivity index (χ4v) is 5.01. The van der Waals surface area contributed by atoms with Crippen molar-refractivity contribution in [3.8, 4) is 11.5 Å². The second kappa shape index (κ2) is 10.1. The molecule has 0 spiro atoms. The molecule has 1 heterocycles. The molecular weight excluding hydrogens is 434 g/mol. The Balaban J connectivity index is 1.55. The van der Waals surface area contributed by atoms with Crippen LogP contribution in [0.25, 0.3) is 0 Å². The van der Waals surface area contributed by atoms with E-state index in [4.69, 9.17) is 14.2 Å². The molecule has 0 amide bonds. The molecule has 1 saturated heterocycles. The van der Waals surface area contributed by atoms with E-state index in [0.717, 1.165) is 0 Å². The van der Waals surface area contributed by atoms with Gasteiger partial charge >= 0.3 is 5.97 Å². The summed E-state index contributed by atoms with van der Waals surface area (Å²) in [5, 5.41) is 0. The number of carbonyl (C=O) groups is 2. The summed E-state index contributed by atoms with van der Waals surface area (Å²) in [6.07, 6.45) is -0.271. The van der Waals surface area contributed by atoms with Gasteiger partial charge in [-0.15, -0.1) is 0 Å². The van der Waals surface area contributed by atoms with Gasteiger partial charge in [-0.3, -0.25) is 9.59 Å². The number of hydrogen-bond donors (Lipinski definition) is 0. The van der Waals surface area contributed by atoms with Crippen molar-refractivity contribution in [1.82, 2.24) is 4.31 Å². The number of piperidine rings is 1. The topological polar surface area (TPSA) is 99.2 Å². The number of rotatable bonds is 8. The third kappa shape index (κ3) is 5.28. The average molecular weight is 462 g/mol. The maximum atomic E-state index is 12.8. The average Bonchev–Trinajstić information content (AvgIpc) is 2.83. The van der Waals surface area contributed by atoms with E-state index in [2.05, 4.69) is 0 Å². The van der Waals surface area contributed by atoms with Gasteiger partial charge in [0.05, 0.1) is 25.0 Å². The summed E-state index contributed by atoms with van der Waals surface area (Å²) in [6.45, 7) is 1.94. The lowest BCUT2D eigenvalue weighted by molar-refractivity contribution is -0.152. The molecule has 0 aromatic heterocycles. The largest absolute Gasteiger partial charge is 0.497 e. The molecule has 1 atom stereocenters. The standard InChI is InChI=1S/C23H27NO7S/c1-16(22(25)17-4-6-19(29-2)7-5-17)31-23(26)18-12-14-24(15-13-18)32(27,28)21-10-8-20(30-3)9-11-21/h4-11,16,18H,12-15H2,1-3H3. The van der Waals surface area contributed by atoms with Gasteiger partial charge in [0.15, 0.2) is 6.10 Å². The highest BCUT2D eigenvalue weighted by molar-refractivity contribution is 7.89. The first-order chi connectivity index (χ1) is 15.3. The molecule has 9 heteroatoms. The Morgan fingerprint density at radius 1 is 0.906 bits per heavy atom. The molecule has 3 rings (SSSR count). The number of hydrogen-bond acceptors (Lipinski definition) is 7. The van der Waals surface area contributed by atoms with Gasteiger partial charge in [0.2, 0.25) is 15.8 Å². The van der Waals surface area contributed by atoms with Crippen LogP contribution in [0.15, 0.2) is 53.4 Å². The van der Waals surface area contributed by atoms with E-state index in [1.54, 1.807) is 36.4 Å². The molecular formula is C23H27NO7S. The molecule has 0 radical (unpaired) electrons. The molecule has 0 aliphatic carbocycles. The molecule has 2 aromatic rings. The summed E-state index contributed by atoms with van der Waals surface area (Å²) < 4.78 is 42.6. The maximum Gasteiger partial charge on any atom is 0.309 e. The van der Waals surface area contributed by atoms with Crippen molar-refractivity contribution < 1.29 is 32.2 Å². The molecule has 0 saturated carbocycles. The lowest BCUT2D eigenvalue weighted by Gasteiger charge is -2.30. The van der Waals surface area contributed by atoms with Gasteiger partial charge in [-0.1, -0.05) is 0 Å². The highest BCUT2D eigenvalue weighted by Crippen LogP contribution is 2.26. The lowest BCUT2D eigenvalue weighted by Crippen LogP contribution is -2.41. The van der Waals surface area contributed by atoms with Crippen LogP contribution >= 0.6 is 0 Å². The Morgan fingerprint density at radius 2 is 1.41 bits per heavy atom. The highest BCUT2D eigenvalue weighted by Gasteiger charge is 2.34. The second-order valence-electron chi connectivity index (χ2n) is 7.53. The van der Waals surface area contributed by atoms with Crippen molar-refractivity contribution in [2.45, 2.75) is 30.8 Å². The van der Waals surface area contributed by atoms with Crippen LogP contribution in [0.2, 0.25) is 0 Å². The van der Waals surface area contributed by atoms with E-state index in [1.807, 2.05) is 0 Å². The smallest absolute Gasteiger partial charge is 0.309 e. The van der Waals surface area contributed by atoms with Crippen LogP contribution in [0.1, 0.15) is 30.1 Å². The molecule has 32 heavy (non-hydrogen) atoms. The third-order valence-corrected chi connectivity index (χ3v) is 7.43. The quantitative estimate of drug-likeness (QED) is 0.440. The number of sulfonamides is 1. The number of benzene rings is 2. The molecule has 1 unspecified atom stereocenters. The van der Waals surface area contributed by atoms with Gasteiger partial charge in [-0.05, 0) is 68.3 Å². The molecule has 1 fully saturated rings. The first-order valence-corrected chi connectivity index (χ1v) is 11.7. The highest BCUT2D eigenvalue weighted by atomic mass is 32.2. The molecule has 2 aromatic carbocycles. The van der Waals surface area contributed by atoms with Crippen molar-refractivity contribution in [3.63, 3.8) is 0 Å². The SMILES string of the molecule is COc1ccc(C(=O)C(C)OC(=O)C2CCN(S(=O)(=O)c3ccc(OC)cc3)CC2)cc1. The van der Waals surface area contributed by atoms with Gasteiger partial charge in [-0.25, -0.2) is 8.42 Å². The van der Waals surface area contributed by atoms with Crippen molar-refractivity contribution >= 4 is 21.8 Å². The Labute approximate surface area is 188 Å². The van der Waals surface area contributed by atoms with Crippen molar-refractivity contribution in [2.75, 3.05) is 27.3 Å². The van der Waals surface area contributed by atoms with Crippen LogP contribution in [0.4, 0.5) is 0 Å². The molecule has 0 bridgehead atoms. The van der Waals surface area contributed by atoms with E-state index >= 15 is 0 Å². The monoisotopic (exact) mass is 461 g/mol. The second-order valence-corrected chi connectivity index (χ2v) is 9.46. The predicted octanol–water partition coefficient (Wildman–Crippen LogP) is 2.92. The molecule has 0 N–H and O–H groups in total. The van der Waals surface area contributed by atoms with Gasteiger partial charge < -0.3 is 14.2 Å². The number of nitrogens with zero attached hydrogens (tertiary/aromatic N) is 1. The van der Waals surface area contributed by atoms with E-state index < -0.39 is 28.0 Å². The number of carbonyl (C=O) groups excluding carboxylic acids is 2. The Hall–Kier alpha value is -2.91. The first-order valence-electron chi connectivity index (χ1n) is 10.3. The molecule has 172 valence electrons. The zero-order valence-corrected chi connectivity index (χ0v) is 19.1. The Bertz CT molecular complexity index is 1040. The molecule has 1 aliphatic rings. The van der Waals surface area contributed by atoms with Gasteiger partial charge in [0, 0.05) is 18.7 Å². The van der Waals surface area contributed by atoms with Gasteiger partial charge in [0.25, 0.3) is 0 Å². The van der Waals surface area contributed by atoms with Crippen LogP contribution < -0.4 is 9.47 Å². The van der Waals surface area contributed by atoms with Crippen LogP contribution in [-0.2, 0) is 19.6 Å². The van der Waals surface area contributed by atoms with Crippen LogP contribution in [-0.4, -0.2) is 57.9 Å². The summed E-state index contributed by atoms with van der Waals surface area (Å²) in [5.74, 6) is -0.0453. The van der Waals surface area contributed by atoms with Gasteiger partial charge in [-0.2, -0.15) is 4.31 Å². The van der Waals surface area contributed by atoms with E-state index in [0.29, 0.717) is 29.9 Å². The first kappa shape index (κ1) is 23.7. The van der Waals surface area contributed by atoms with Crippen LogP contribution in [0, 0.1) is 5.92 Å². The Kier molecular flexibility index (Phi) is 7.52. The molecule has 1 aliphatic heterocycles. The van der Waals surface area contributed by atoms with E-state index in [-0.39, 0.29) is 23.8 Å². The number of methoxy groups -OCH3 is 2. The zero-order chi connectivity index (χ0) is 23.3. The van der Waals surface area contributed by atoms with Gasteiger partial charge in [0.1, 0.15) is 11.5 Å². The van der Waals surface area contributed by atoms with E-state index in [1.165, 1.54) is 37.6 Å². The fraction of sp³-hybridized carbons (Fsp3) is 0.391. The third-order valence-electron chi connectivity index (χ3n) is 5.52. The zero-order valence-electron chi connectivity index (χ0n) is 18.3. The summed E-state index contributed by atoms with van der Waals surface area (Å²) in [6, 6.07) is 12.8. The number of ketones is 1. The van der Waals surface area contributed by atoms with Crippen LogP contribution in [0.3, 0.4) is 0 Å². The minimum atomic E-state index is -3.65. The number of Topliss-reactive ketones (excluding diaryl/α,β-unsaturated/α-hetero) is 1. The predicted molar refractivity (Wildman–Crippen MR) is 117 cm³/mol. The maximum absolute atomic E-state index is 12.8. The van der Waals surface area contributed by atoms with Crippen LogP contribution in [0.5, 0.6) is 11.5 Å².